The quantitative estimate of drug-likeness (QED) is 0.631. The Hall–Kier alpha value is -2.15. The van der Waals surface area contributed by atoms with Gasteiger partial charge in [-0.2, -0.15) is 13.2 Å². The van der Waals surface area contributed by atoms with E-state index in [-0.39, 0.29) is 11.5 Å². The van der Waals surface area contributed by atoms with Crippen molar-refractivity contribution < 1.29 is 13.2 Å². The first kappa shape index (κ1) is 16.2. The summed E-state index contributed by atoms with van der Waals surface area (Å²) < 4.78 is 38.5. The zero-order valence-electron chi connectivity index (χ0n) is 11.8. The Morgan fingerprint density at radius 1 is 1.27 bits per heavy atom. The summed E-state index contributed by atoms with van der Waals surface area (Å²) in [6.07, 6.45) is -2.48. The fourth-order valence-electron chi connectivity index (χ4n) is 1.61. The van der Waals surface area contributed by atoms with Gasteiger partial charge in [-0.15, -0.1) is 0 Å². The lowest BCUT2D eigenvalue weighted by Gasteiger charge is -2.10. The van der Waals surface area contributed by atoms with Crippen LogP contribution in [0.1, 0.15) is 5.69 Å². The first-order chi connectivity index (χ1) is 10.3. The highest BCUT2D eigenvalue weighted by Crippen LogP contribution is 2.33. The summed E-state index contributed by atoms with van der Waals surface area (Å²) in [5.41, 5.74) is -0.640. The zero-order chi connectivity index (χ0) is 16.3. The molecule has 1 aromatic carbocycles. The average Bonchev–Trinajstić information content (AvgIpc) is 2.44. The van der Waals surface area contributed by atoms with Gasteiger partial charge in [-0.05, 0) is 12.1 Å². The van der Waals surface area contributed by atoms with Crippen molar-refractivity contribution in [3.8, 4) is 11.3 Å². The minimum absolute atomic E-state index is 0.0235. The largest absolute Gasteiger partial charge is 0.434 e. The molecule has 1 aromatic heterocycles. The molecule has 0 atom stereocenters. The Morgan fingerprint density at radius 2 is 2.00 bits per heavy atom. The van der Waals surface area contributed by atoms with E-state index in [0.29, 0.717) is 16.8 Å². The molecule has 0 unspecified atom stereocenters. The van der Waals surface area contributed by atoms with Crippen LogP contribution in [0.3, 0.4) is 0 Å². The van der Waals surface area contributed by atoms with Crippen LogP contribution in [0, 0.1) is 0 Å². The van der Waals surface area contributed by atoms with Crippen molar-refractivity contribution in [1.29, 1.82) is 0 Å². The second-order valence-electron chi connectivity index (χ2n) is 4.64. The molecule has 0 spiro atoms. The highest BCUT2D eigenvalue weighted by atomic mass is 35.5. The van der Waals surface area contributed by atoms with Crippen LogP contribution in [0.4, 0.5) is 19.0 Å². The van der Waals surface area contributed by atoms with Crippen molar-refractivity contribution >= 4 is 23.8 Å². The summed E-state index contributed by atoms with van der Waals surface area (Å²) in [6, 6.07) is 6.36. The van der Waals surface area contributed by atoms with Crippen LogP contribution in [-0.4, -0.2) is 35.3 Å². The molecule has 0 fully saturated rings. The first-order valence-corrected chi connectivity index (χ1v) is 6.56. The van der Waals surface area contributed by atoms with Gasteiger partial charge in [-0.3, -0.25) is 0 Å². The second-order valence-corrected chi connectivity index (χ2v) is 5.08. The number of benzene rings is 1. The summed E-state index contributed by atoms with van der Waals surface area (Å²) in [7, 11) is 3.47. The molecular formula is C14H12ClF3N4. The van der Waals surface area contributed by atoms with Gasteiger partial charge in [0.25, 0.3) is 0 Å². The van der Waals surface area contributed by atoms with Crippen LogP contribution in [0.25, 0.3) is 11.3 Å². The van der Waals surface area contributed by atoms with E-state index in [4.69, 9.17) is 11.6 Å². The fourth-order valence-corrected chi connectivity index (χ4v) is 1.80. The molecule has 0 radical (unpaired) electrons. The summed E-state index contributed by atoms with van der Waals surface area (Å²) >= 11 is 5.89. The Kier molecular flexibility index (Phi) is 4.65. The van der Waals surface area contributed by atoms with Crippen molar-refractivity contribution in [3.63, 3.8) is 0 Å². The highest BCUT2D eigenvalue weighted by molar-refractivity contribution is 6.30. The van der Waals surface area contributed by atoms with Gasteiger partial charge >= 0.3 is 6.18 Å². The maximum atomic E-state index is 12.8. The van der Waals surface area contributed by atoms with Gasteiger partial charge in [0.05, 0.1) is 12.5 Å². The summed E-state index contributed by atoms with van der Waals surface area (Å²) in [4.78, 5) is 13.1. The van der Waals surface area contributed by atoms with Crippen LogP contribution < -0.4 is 0 Å². The SMILES string of the molecule is CN(C)C=Nc1ncc(C(F)(F)F)nc1-c1cccc(Cl)c1. The van der Waals surface area contributed by atoms with Crippen LogP contribution in [0.2, 0.25) is 5.02 Å². The summed E-state index contributed by atoms with van der Waals surface area (Å²) in [5, 5.41) is 0.388. The predicted molar refractivity (Wildman–Crippen MR) is 79.3 cm³/mol. The molecule has 0 bridgehead atoms. The smallest absolute Gasteiger partial charge is 0.369 e. The predicted octanol–water partition coefficient (Wildman–Crippen LogP) is 4.04. The summed E-state index contributed by atoms with van der Waals surface area (Å²) in [5.74, 6) is 0.0870. The van der Waals surface area contributed by atoms with Gasteiger partial charge in [0.1, 0.15) is 5.69 Å². The Bertz CT molecular complexity index is 699. The lowest BCUT2D eigenvalue weighted by Crippen LogP contribution is -2.10. The van der Waals surface area contributed by atoms with Gasteiger partial charge in [0, 0.05) is 24.7 Å². The van der Waals surface area contributed by atoms with Gasteiger partial charge in [-0.25, -0.2) is 15.0 Å². The third-order valence-corrected chi connectivity index (χ3v) is 2.79. The van der Waals surface area contributed by atoms with Gasteiger partial charge in [0.15, 0.2) is 11.5 Å². The third kappa shape index (κ3) is 3.94. The molecule has 0 saturated carbocycles. The molecule has 2 rings (SSSR count). The van der Waals surface area contributed by atoms with Crippen LogP contribution in [0.15, 0.2) is 35.5 Å². The van der Waals surface area contributed by atoms with Gasteiger partial charge in [-0.1, -0.05) is 23.7 Å². The van der Waals surface area contributed by atoms with E-state index in [0.717, 1.165) is 0 Å². The van der Waals surface area contributed by atoms with Crippen LogP contribution >= 0.6 is 11.6 Å². The van der Waals surface area contributed by atoms with Gasteiger partial charge < -0.3 is 4.90 Å². The lowest BCUT2D eigenvalue weighted by atomic mass is 10.1. The van der Waals surface area contributed by atoms with E-state index in [2.05, 4.69) is 15.0 Å². The number of aromatic nitrogens is 2. The van der Waals surface area contributed by atoms with Crippen molar-refractivity contribution in [2.75, 3.05) is 14.1 Å². The Morgan fingerprint density at radius 3 is 2.59 bits per heavy atom. The van der Waals surface area contributed by atoms with E-state index in [1.165, 1.54) is 12.4 Å². The number of nitrogens with zero attached hydrogens (tertiary/aromatic N) is 4. The number of hydrogen-bond donors (Lipinski definition) is 0. The molecule has 0 amide bonds. The number of alkyl halides is 3. The van der Waals surface area contributed by atoms with E-state index in [9.17, 15) is 13.2 Å². The zero-order valence-corrected chi connectivity index (χ0v) is 12.5. The van der Waals surface area contributed by atoms with E-state index >= 15 is 0 Å². The van der Waals surface area contributed by atoms with Gasteiger partial charge in [0.2, 0.25) is 0 Å². The van der Waals surface area contributed by atoms with Crippen molar-refractivity contribution in [3.05, 3.63) is 41.2 Å². The topological polar surface area (TPSA) is 41.4 Å². The minimum Gasteiger partial charge on any atom is -0.369 e. The van der Waals surface area contributed by atoms with Crippen molar-refractivity contribution in [2.45, 2.75) is 6.18 Å². The molecular weight excluding hydrogens is 317 g/mol. The van der Waals surface area contributed by atoms with E-state index in [1.54, 1.807) is 37.2 Å². The molecule has 0 aliphatic carbocycles. The lowest BCUT2D eigenvalue weighted by molar-refractivity contribution is -0.141. The van der Waals surface area contributed by atoms with Crippen molar-refractivity contribution in [2.24, 2.45) is 4.99 Å². The number of rotatable bonds is 3. The molecule has 0 aliphatic rings. The molecule has 0 N–H and O–H groups in total. The van der Waals surface area contributed by atoms with Crippen molar-refractivity contribution in [1.82, 2.24) is 14.9 Å². The summed E-state index contributed by atoms with van der Waals surface area (Å²) in [6.45, 7) is 0. The fraction of sp³-hybridized carbons (Fsp3) is 0.214. The molecule has 8 heteroatoms. The number of hydrogen-bond acceptors (Lipinski definition) is 3. The van der Waals surface area contributed by atoms with Crippen LogP contribution in [-0.2, 0) is 6.18 Å². The molecule has 116 valence electrons. The highest BCUT2D eigenvalue weighted by Gasteiger charge is 2.34. The molecule has 2 aromatic rings. The number of halogens is 4. The van der Waals surface area contributed by atoms with E-state index < -0.39 is 11.9 Å². The monoisotopic (exact) mass is 328 g/mol. The Balaban J connectivity index is 2.60. The number of aliphatic imine (C=N–C) groups is 1. The molecule has 0 saturated heterocycles. The molecule has 1 heterocycles. The van der Waals surface area contributed by atoms with E-state index in [1.807, 2.05) is 0 Å². The van der Waals surface area contributed by atoms with Crippen LogP contribution in [0.5, 0.6) is 0 Å². The Labute approximate surface area is 130 Å². The molecule has 22 heavy (non-hydrogen) atoms. The minimum atomic E-state index is -4.58. The second kappa shape index (κ2) is 6.31. The maximum Gasteiger partial charge on any atom is 0.434 e. The third-order valence-electron chi connectivity index (χ3n) is 2.55. The maximum absolute atomic E-state index is 12.8. The average molecular weight is 329 g/mol. The normalized spacial score (nSPS) is 11.9. The molecule has 0 aliphatic heterocycles. The standard InChI is InChI=1S/C14H12ClF3N4/c1-22(2)8-20-13-12(9-4-3-5-10(15)6-9)21-11(7-19-13)14(16,17)18/h3-8H,1-2H3. The first-order valence-electron chi connectivity index (χ1n) is 6.18. The molecule has 4 nitrogen and oxygen atoms in total.